The first-order valence-corrected chi connectivity index (χ1v) is 12.7. The van der Waals surface area contributed by atoms with Gasteiger partial charge in [0.1, 0.15) is 5.82 Å². The second-order valence-corrected chi connectivity index (χ2v) is 10.3. The van der Waals surface area contributed by atoms with Crippen molar-refractivity contribution in [3.8, 4) is 5.82 Å². The van der Waals surface area contributed by atoms with Crippen molar-refractivity contribution in [1.29, 1.82) is 0 Å². The molecule has 176 valence electrons. The number of benzene rings is 3. The fourth-order valence-corrected chi connectivity index (χ4v) is 5.83. The highest BCUT2D eigenvalue weighted by molar-refractivity contribution is 7.99. The molecule has 0 N–H and O–H groups in total. The van der Waals surface area contributed by atoms with E-state index in [1.165, 1.54) is 21.0 Å². The van der Waals surface area contributed by atoms with Crippen LogP contribution in [-0.2, 0) is 0 Å². The molecule has 0 aliphatic carbocycles. The van der Waals surface area contributed by atoms with Crippen LogP contribution in [0.5, 0.6) is 0 Å². The zero-order chi connectivity index (χ0) is 24.2. The summed E-state index contributed by atoms with van der Waals surface area (Å²) in [5, 5.41) is 0. The summed E-state index contributed by atoms with van der Waals surface area (Å²) in [5.74, 6) is 1.74. The molecule has 0 atom stereocenters. The SMILES string of the molecule is Cc1cccc2c1nc1n(-c3ccccn3)c3cc(Sc4cccc(N5C=CN(C)C5)c4)ccc3n21. The number of hydrogen-bond acceptors (Lipinski definition) is 5. The minimum absolute atomic E-state index is 0.861. The zero-order valence-electron chi connectivity index (χ0n) is 20.0. The Bertz CT molecular complexity index is 1780. The van der Waals surface area contributed by atoms with Gasteiger partial charge in [-0.25, -0.2) is 9.97 Å². The third kappa shape index (κ3) is 3.35. The summed E-state index contributed by atoms with van der Waals surface area (Å²) in [7, 11) is 2.09. The monoisotopic (exact) mass is 488 g/mol. The molecule has 6 nitrogen and oxygen atoms in total. The largest absolute Gasteiger partial charge is 0.361 e. The summed E-state index contributed by atoms with van der Waals surface area (Å²) in [4.78, 5) is 16.5. The number of aromatic nitrogens is 4. The van der Waals surface area contributed by atoms with Crippen LogP contribution in [0, 0.1) is 6.92 Å². The molecule has 3 aromatic carbocycles. The zero-order valence-corrected chi connectivity index (χ0v) is 20.9. The van der Waals surface area contributed by atoms with E-state index in [0.29, 0.717) is 0 Å². The lowest BCUT2D eigenvalue weighted by molar-refractivity contribution is 0.495. The molecule has 3 aromatic heterocycles. The van der Waals surface area contributed by atoms with Crippen LogP contribution in [0.4, 0.5) is 5.69 Å². The molecule has 0 saturated heterocycles. The average Bonchev–Trinajstić information content (AvgIpc) is 3.58. The highest BCUT2D eigenvalue weighted by Gasteiger charge is 2.19. The quantitative estimate of drug-likeness (QED) is 0.285. The van der Waals surface area contributed by atoms with Crippen molar-refractivity contribution >= 4 is 45.3 Å². The van der Waals surface area contributed by atoms with Crippen molar-refractivity contribution in [3.05, 3.63) is 103 Å². The van der Waals surface area contributed by atoms with Gasteiger partial charge in [0.2, 0.25) is 5.78 Å². The Kier molecular flexibility index (Phi) is 4.79. The number of anilines is 1. The Morgan fingerprint density at radius 1 is 0.806 bits per heavy atom. The van der Waals surface area contributed by atoms with Gasteiger partial charge in [0.15, 0.2) is 0 Å². The van der Waals surface area contributed by atoms with Gasteiger partial charge < -0.3 is 9.80 Å². The molecule has 0 bridgehead atoms. The number of pyridine rings is 1. The lowest BCUT2D eigenvalue weighted by Crippen LogP contribution is -2.21. The molecular formula is C29H24N6S. The first-order chi connectivity index (χ1) is 17.7. The van der Waals surface area contributed by atoms with E-state index in [-0.39, 0.29) is 0 Å². The van der Waals surface area contributed by atoms with Crippen molar-refractivity contribution in [1.82, 2.24) is 23.8 Å². The maximum absolute atomic E-state index is 5.07. The number of imidazole rings is 2. The van der Waals surface area contributed by atoms with Gasteiger partial charge in [0.05, 0.1) is 28.7 Å². The number of para-hydroxylation sites is 1. The van der Waals surface area contributed by atoms with E-state index in [9.17, 15) is 0 Å². The lowest BCUT2D eigenvalue weighted by Gasteiger charge is -2.18. The Morgan fingerprint density at radius 2 is 1.69 bits per heavy atom. The molecule has 0 fully saturated rings. The second-order valence-electron chi connectivity index (χ2n) is 9.13. The number of hydrogen-bond donors (Lipinski definition) is 0. The molecule has 1 aliphatic rings. The van der Waals surface area contributed by atoms with E-state index >= 15 is 0 Å². The molecule has 0 spiro atoms. The van der Waals surface area contributed by atoms with Gasteiger partial charge in [-0.15, -0.1) is 0 Å². The second kappa shape index (κ2) is 8.17. The third-order valence-corrected chi connectivity index (χ3v) is 7.62. The van der Waals surface area contributed by atoms with Gasteiger partial charge in [-0.3, -0.25) is 8.97 Å². The molecule has 4 heterocycles. The number of nitrogens with zero attached hydrogens (tertiary/aromatic N) is 6. The smallest absolute Gasteiger partial charge is 0.221 e. The standard InChI is InChI=1S/C29H24N6S/c1-20-7-5-10-25-28(20)31-29-34(25)24-13-12-23(18-26(24)35(29)27-11-3-4-14-30-27)36-22-9-6-8-21(17-22)33-16-15-32(2)19-33/h3-18H,19H2,1-2H3. The van der Waals surface area contributed by atoms with Crippen molar-refractivity contribution in [2.45, 2.75) is 16.7 Å². The minimum Gasteiger partial charge on any atom is -0.361 e. The van der Waals surface area contributed by atoms with Crippen LogP contribution in [-0.4, -0.2) is 37.6 Å². The van der Waals surface area contributed by atoms with E-state index < -0.39 is 0 Å². The molecule has 7 heteroatoms. The van der Waals surface area contributed by atoms with Crippen molar-refractivity contribution in [2.75, 3.05) is 18.6 Å². The average molecular weight is 489 g/mol. The van der Waals surface area contributed by atoms with E-state index in [0.717, 1.165) is 40.3 Å². The van der Waals surface area contributed by atoms with Crippen molar-refractivity contribution in [3.63, 3.8) is 0 Å². The van der Waals surface area contributed by atoms with Crippen LogP contribution in [0.1, 0.15) is 5.56 Å². The maximum atomic E-state index is 5.07. The van der Waals surface area contributed by atoms with E-state index in [1.807, 2.05) is 24.4 Å². The Labute approximate surface area is 213 Å². The number of fused-ring (bicyclic) bond motifs is 5. The van der Waals surface area contributed by atoms with Crippen LogP contribution in [0.15, 0.2) is 107 Å². The molecule has 0 amide bonds. The molecule has 0 radical (unpaired) electrons. The molecule has 0 unspecified atom stereocenters. The first kappa shape index (κ1) is 21.1. The van der Waals surface area contributed by atoms with Gasteiger partial charge in [-0.2, -0.15) is 0 Å². The Balaban J connectivity index is 1.37. The number of rotatable bonds is 4. The van der Waals surface area contributed by atoms with E-state index in [1.54, 1.807) is 11.8 Å². The van der Waals surface area contributed by atoms with E-state index in [4.69, 9.17) is 4.98 Å². The lowest BCUT2D eigenvalue weighted by atomic mass is 10.2. The van der Waals surface area contributed by atoms with Gasteiger partial charge in [-0.1, -0.05) is 36.0 Å². The van der Waals surface area contributed by atoms with E-state index in [2.05, 4.69) is 111 Å². The topological polar surface area (TPSA) is 41.6 Å². The highest BCUT2D eigenvalue weighted by atomic mass is 32.2. The minimum atomic E-state index is 0.861. The van der Waals surface area contributed by atoms with Crippen LogP contribution in [0.2, 0.25) is 0 Å². The summed E-state index contributed by atoms with van der Waals surface area (Å²) >= 11 is 1.77. The molecule has 0 saturated carbocycles. The molecule has 36 heavy (non-hydrogen) atoms. The van der Waals surface area contributed by atoms with Gasteiger partial charge in [0.25, 0.3) is 0 Å². The van der Waals surface area contributed by atoms with Crippen molar-refractivity contribution < 1.29 is 0 Å². The molecule has 7 rings (SSSR count). The van der Waals surface area contributed by atoms with Gasteiger partial charge >= 0.3 is 0 Å². The van der Waals surface area contributed by atoms with Crippen LogP contribution >= 0.6 is 11.8 Å². The Hall–Kier alpha value is -4.23. The maximum Gasteiger partial charge on any atom is 0.221 e. The fraction of sp³-hybridized carbons (Fsp3) is 0.103. The van der Waals surface area contributed by atoms with Crippen LogP contribution in [0.25, 0.3) is 33.7 Å². The molecular weight excluding hydrogens is 464 g/mol. The summed E-state index contributed by atoms with van der Waals surface area (Å²) in [6, 6.07) is 27.7. The summed E-state index contributed by atoms with van der Waals surface area (Å²) in [6.45, 7) is 2.98. The number of aryl methyl sites for hydroxylation is 1. The van der Waals surface area contributed by atoms with Crippen LogP contribution < -0.4 is 4.90 Å². The van der Waals surface area contributed by atoms with Gasteiger partial charge in [0, 0.05) is 41.1 Å². The fourth-order valence-electron chi connectivity index (χ4n) is 4.93. The normalized spacial score (nSPS) is 13.6. The van der Waals surface area contributed by atoms with Crippen molar-refractivity contribution in [2.24, 2.45) is 0 Å². The summed E-state index contributed by atoms with van der Waals surface area (Å²) in [6.07, 6.45) is 6.05. The van der Waals surface area contributed by atoms with Gasteiger partial charge in [-0.05, 0) is 67.1 Å². The first-order valence-electron chi connectivity index (χ1n) is 11.9. The highest BCUT2D eigenvalue weighted by Crippen LogP contribution is 2.36. The predicted octanol–water partition coefficient (Wildman–Crippen LogP) is 6.47. The Morgan fingerprint density at radius 3 is 2.53 bits per heavy atom. The third-order valence-electron chi connectivity index (χ3n) is 6.64. The van der Waals surface area contributed by atoms with Crippen LogP contribution in [0.3, 0.4) is 0 Å². The summed E-state index contributed by atoms with van der Waals surface area (Å²) in [5.41, 5.74) is 6.70. The predicted molar refractivity (Wildman–Crippen MR) is 147 cm³/mol. The molecule has 6 aromatic rings. The summed E-state index contributed by atoms with van der Waals surface area (Å²) < 4.78 is 4.41. The molecule has 1 aliphatic heterocycles.